The molecular formula is C10H14N2O3. The molecule has 0 spiro atoms. The second-order valence-corrected chi connectivity index (χ2v) is 3.17. The van der Waals surface area contributed by atoms with Gasteiger partial charge in [0, 0.05) is 5.69 Å². The van der Waals surface area contributed by atoms with Gasteiger partial charge in [0.25, 0.3) is 0 Å². The van der Waals surface area contributed by atoms with Gasteiger partial charge in [-0.3, -0.25) is 0 Å². The van der Waals surface area contributed by atoms with Crippen molar-refractivity contribution in [1.82, 2.24) is 0 Å². The summed E-state index contributed by atoms with van der Waals surface area (Å²) in [6.45, 7) is 1.88. The van der Waals surface area contributed by atoms with E-state index in [0.717, 1.165) is 0 Å². The number of amides is 2. The van der Waals surface area contributed by atoms with Gasteiger partial charge in [-0.25, -0.2) is 4.79 Å². The van der Waals surface area contributed by atoms with E-state index in [1.54, 1.807) is 31.2 Å². The fourth-order valence-corrected chi connectivity index (χ4v) is 0.994. The van der Waals surface area contributed by atoms with Gasteiger partial charge in [-0.15, -0.1) is 0 Å². The first-order valence-electron chi connectivity index (χ1n) is 4.55. The Morgan fingerprint density at radius 1 is 1.53 bits per heavy atom. The van der Waals surface area contributed by atoms with E-state index in [-0.39, 0.29) is 6.61 Å². The minimum absolute atomic E-state index is 0.239. The number of aliphatic hydroxyl groups is 1. The quantitative estimate of drug-likeness (QED) is 0.691. The van der Waals surface area contributed by atoms with E-state index in [1.165, 1.54) is 0 Å². The zero-order valence-electron chi connectivity index (χ0n) is 8.43. The predicted octanol–water partition coefficient (Wildman–Crippen LogP) is 0.937. The third-order valence-electron chi connectivity index (χ3n) is 1.61. The molecule has 2 amide bonds. The molecule has 0 bridgehead atoms. The summed E-state index contributed by atoms with van der Waals surface area (Å²) in [7, 11) is 0. The normalized spacial score (nSPS) is 11.9. The first-order valence-corrected chi connectivity index (χ1v) is 4.55. The largest absolute Gasteiger partial charge is 0.491 e. The summed E-state index contributed by atoms with van der Waals surface area (Å²) < 4.78 is 5.23. The van der Waals surface area contributed by atoms with Crippen molar-refractivity contribution in [1.29, 1.82) is 0 Å². The lowest BCUT2D eigenvalue weighted by Gasteiger charge is -2.08. The second kappa shape index (κ2) is 5.21. The number of benzene rings is 1. The Morgan fingerprint density at radius 3 is 2.60 bits per heavy atom. The molecule has 0 radical (unpaired) electrons. The Hall–Kier alpha value is -1.75. The Bertz CT molecular complexity index is 322. The van der Waals surface area contributed by atoms with Crippen molar-refractivity contribution in [3.8, 4) is 5.75 Å². The minimum Gasteiger partial charge on any atom is -0.491 e. The van der Waals surface area contributed by atoms with Crippen LogP contribution in [0.25, 0.3) is 0 Å². The van der Waals surface area contributed by atoms with Gasteiger partial charge in [-0.1, -0.05) is 0 Å². The van der Waals surface area contributed by atoms with Gasteiger partial charge in [-0.2, -0.15) is 0 Å². The number of rotatable bonds is 4. The molecule has 5 nitrogen and oxygen atoms in total. The molecule has 0 aliphatic carbocycles. The average Bonchev–Trinajstić information content (AvgIpc) is 2.16. The summed E-state index contributed by atoms with van der Waals surface area (Å²) in [5.74, 6) is 0.630. The van der Waals surface area contributed by atoms with E-state index in [4.69, 9.17) is 15.6 Å². The Morgan fingerprint density at radius 2 is 2.13 bits per heavy atom. The third kappa shape index (κ3) is 4.33. The van der Waals surface area contributed by atoms with Crippen LogP contribution >= 0.6 is 0 Å². The van der Waals surface area contributed by atoms with Crippen molar-refractivity contribution in [3.05, 3.63) is 24.3 Å². The van der Waals surface area contributed by atoms with Crippen LogP contribution < -0.4 is 15.8 Å². The van der Waals surface area contributed by atoms with Gasteiger partial charge in [0.2, 0.25) is 0 Å². The molecule has 0 saturated carbocycles. The number of anilines is 1. The number of urea groups is 1. The van der Waals surface area contributed by atoms with Crippen LogP contribution in [-0.4, -0.2) is 23.8 Å². The molecule has 0 aliphatic heterocycles. The van der Waals surface area contributed by atoms with Gasteiger partial charge < -0.3 is 20.9 Å². The summed E-state index contributed by atoms with van der Waals surface area (Å²) in [4.78, 5) is 10.5. The van der Waals surface area contributed by atoms with E-state index in [0.29, 0.717) is 11.4 Å². The van der Waals surface area contributed by atoms with Gasteiger partial charge in [0.05, 0.1) is 6.10 Å². The van der Waals surface area contributed by atoms with Crippen LogP contribution in [0.4, 0.5) is 10.5 Å². The number of carbonyl (C=O) groups is 1. The number of nitrogens with one attached hydrogen (secondary N) is 1. The maximum atomic E-state index is 10.5. The molecule has 0 aromatic heterocycles. The number of ether oxygens (including phenoxy) is 1. The molecule has 82 valence electrons. The van der Waals surface area contributed by atoms with Crippen LogP contribution in [0.1, 0.15) is 6.92 Å². The summed E-state index contributed by atoms with van der Waals surface area (Å²) in [6.07, 6.45) is -0.506. The molecule has 0 saturated heterocycles. The van der Waals surface area contributed by atoms with E-state index >= 15 is 0 Å². The van der Waals surface area contributed by atoms with E-state index < -0.39 is 12.1 Å². The Balaban J connectivity index is 2.52. The zero-order valence-corrected chi connectivity index (χ0v) is 8.43. The number of carbonyl (C=O) groups excluding carboxylic acids is 1. The number of hydrogen-bond donors (Lipinski definition) is 3. The topological polar surface area (TPSA) is 84.6 Å². The number of hydrogen-bond acceptors (Lipinski definition) is 3. The van der Waals surface area contributed by atoms with Gasteiger partial charge >= 0.3 is 6.03 Å². The lowest BCUT2D eigenvalue weighted by Crippen LogP contribution is -2.19. The van der Waals surface area contributed by atoms with Crippen LogP contribution in [0.2, 0.25) is 0 Å². The van der Waals surface area contributed by atoms with Crippen molar-refractivity contribution in [2.45, 2.75) is 13.0 Å². The van der Waals surface area contributed by atoms with E-state index in [2.05, 4.69) is 5.32 Å². The van der Waals surface area contributed by atoms with Crippen LogP contribution in [0, 0.1) is 0 Å². The van der Waals surface area contributed by atoms with Crippen LogP contribution in [0.15, 0.2) is 24.3 Å². The molecule has 1 aromatic carbocycles. The van der Waals surface area contributed by atoms with Gasteiger partial charge in [-0.05, 0) is 31.2 Å². The second-order valence-electron chi connectivity index (χ2n) is 3.17. The van der Waals surface area contributed by atoms with E-state index in [1.807, 2.05) is 0 Å². The van der Waals surface area contributed by atoms with Crippen LogP contribution in [0.5, 0.6) is 5.75 Å². The molecular weight excluding hydrogens is 196 g/mol. The van der Waals surface area contributed by atoms with Crippen molar-refractivity contribution in [3.63, 3.8) is 0 Å². The summed E-state index contributed by atoms with van der Waals surface area (Å²) in [5.41, 5.74) is 5.55. The van der Waals surface area contributed by atoms with Crippen molar-refractivity contribution in [2.75, 3.05) is 11.9 Å². The highest BCUT2D eigenvalue weighted by Crippen LogP contribution is 2.15. The van der Waals surface area contributed by atoms with E-state index in [9.17, 15) is 4.79 Å². The predicted molar refractivity (Wildman–Crippen MR) is 56.8 cm³/mol. The highest BCUT2D eigenvalue weighted by Gasteiger charge is 1.99. The zero-order chi connectivity index (χ0) is 11.3. The standard InChI is InChI=1S/C10H14N2O3/c1-7(13)6-15-9-4-2-8(3-5-9)12-10(11)14/h2-5,7,13H,6H2,1H3,(H3,11,12,14). The van der Waals surface area contributed by atoms with Crippen LogP contribution in [-0.2, 0) is 0 Å². The average molecular weight is 210 g/mol. The lowest BCUT2D eigenvalue weighted by atomic mass is 10.3. The maximum absolute atomic E-state index is 10.5. The summed E-state index contributed by atoms with van der Waals surface area (Å²) in [6, 6.07) is 6.11. The Labute approximate surface area is 87.9 Å². The molecule has 1 rings (SSSR count). The SMILES string of the molecule is CC(O)COc1ccc(NC(N)=O)cc1. The molecule has 5 heteroatoms. The molecule has 1 unspecified atom stereocenters. The molecule has 1 atom stereocenters. The monoisotopic (exact) mass is 210 g/mol. The molecule has 15 heavy (non-hydrogen) atoms. The fourth-order valence-electron chi connectivity index (χ4n) is 0.994. The van der Waals surface area contributed by atoms with Crippen LogP contribution in [0.3, 0.4) is 0 Å². The first kappa shape index (κ1) is 11.3. The molecule has 0 aliphatic rings. The lowest BCUT2D eigenvalue weighted by molar-refractivity contribution is 0.123. The number of aliphatic hydroxyl groups excluding tert-OH is 1. The molecule has 1 aromatic rings. The van der Waals surface area contributed by atoms with Crippen molar-refractivity contribution in [2.24, 2.45) is 5.73 Å². The smallest absolute Gasteiger partial charge is 0.316 e. The van der Waals surface area contributed by atoms with Gasteiger partial charge in [0.1, 0.15) is 12.4 Å². The number of nitrogens with two attached hydrogens (primary N) is 1. The van der Waals surface area contributed by atoms with Crippen molar-refractivity contribution >= 4 is 11.7 Å². The molecule has 4 N–H and O–H groups in total. The van der Waals surface area contributed by atoms with Gasteiger partial charge in [0.15, 0.2) is 0 Å². The molecule has 0 fully saturated rings. The Kier molecular flexibility index (Phi) is 3.93. The van der Waals surface area contributed by atoms with Crippen molar-refractivity contribution < 1.29 is 14.6 Å². The first-order chi connectivity index (χ1) is 7.08. The minimum atomic E-state index is -0.604. The fraction of sp³-hybridized carbons (Fsp3) is 0.300. The summed E-state index contributed by atoms with van der Waals surface area (Å²) >= 11 is 0. The highest BCUT2D eigenvalue weighted by molar-refractivity contribution is 5.87. The third-order valence-corrected chi connectivity index (χ3v) is 1.61. The molecule has 0 heterocycles. The number of primary amides is 1. The summed E-state index contributed by atoms with van der Waals surface area (Å²) in [5, 5.41) is 11.4. The highest BCUT2D eigenvalue weighted by atomic mass is 16.5. The maximum Gasteiger partial charge on any atom is 0.316 e.